The Labute approximate surface area is 190 Å². The number of amides is 1. The maximum Gasteiger partial charge on any atom is 0.243 e. The first-order valence-corrected chi connectivity index (χ1v) is 12.3. The van der Waals surface area contributed by atoms with E-state index in [1.807, 2.05) is 30.3 Å². The van der Waals surface area contributed by atoms with Crippen molar-refractivity contribution >= 4 is 31.9 Å². The van der Waals surface area contributed by atoms with Crippen LogP contribution in [-0.2, 0) is 27.7 Å². The van der Waals surface area contributed by atoms with Gasteiger partial charge in [-0.25, -0.2) is 8.42 Å². The fourth-order valence-electron chi connectivity index (χ4n) is 3.90. The SMILES string of the molecule is O=C(C[C@@H]1c2ccccc2CCN1S(=O)(=O)c1ccc(Br)cc1)NCCc1ccco1. The zero-order valence-corrected chi connectivity index (χ0v) is 19.2. The molecular weight excluding hydrogens is 480 g/mol. The summed E-state index contributed by atoms with van der Waals surface area (Å²) in [5.41, 5.74) is 1.97. The number of benzene rings is 2. The van der Waals surface area contributed by atoms with Crippen LogP contribution in [0.1, 0.15) is 29.3 Å². The second-order valence-electron chi connectivity index (χ2n) is 7.42. The van der Waals surface area contributed by atoms with Gasteiger partial charge < -0.3 is 9.73 Å². The molecule has 3 aromatic rings. The van der Waals surface area contributed by atoms with Crippen molar-refractivity contribution in [3.63, 3.8) is 0 Å². The summed E-state index contributed by atoms with van der Waals surface area (Å²) in [4.78, 5) is 13.0. The molecular formula is C23H23BrN2O4S. The molecule has 1 atom stereocenters. The van der Waals surface area contributed by atoms with E-state index in [4.69, 9.17) is 4.42 Å². The fourth-order valence-corrected chi connectivity index (χ4v) is 5.77. The molecule has 1 aliphatic heterocycles. The van der Waals surface area contributed by atoms with E-state index in [1.165, 1.54) is 4.31 Å². The Bertz CT molecular complexity index is 1140. The predicted molar refractivity (Wildman–Crippen MR) is 121 cm³/mol. The standard InChI is InChI=1S/C23H23BrN2O4S/c24-18-7-9-20(10-8-18)31(28,29)26-14-12-17-4-1-2-6-21(17)22(26)16-23(27)25-13-11-19-5-3-15-30-19/h1-10,15,22H,11-14,16H2,(H,25,27)/t22-/m1/s1. The highest BCUT2D eigenvalue weighted by Gasteiger charge is 2.37. The van der Waals surface area contributed by atoms with E-state index in [-0.39, 0.29) is 17.2 Å². The molecule has 1 amide bonds. The molecule has 0 radical (unpaired) electrons. The van der Waals surface area contributed by atoms with Crippen LogP contribution < -0.4 is 5.32 Å². The number of sulfonamides is 1. The van der Waals surface area contributed by atoms with Crippen LogP contribution in [0.25, 0.3) is 0 Å². The van der Waals surface area contributed by atoms with Crippen LogP contribution in [0.15, 0.2) is 80.7 Å². The third kappa shape index (κ3) is 4.92. The van der Waals surface area contributed by atoms with Gasteiger partial charge in [0.25, 0.3) is 0 Å². The van der Waals surface area contributed by atoms with Crippen LogP contribution in [0.4, 0.5) is 0 Å². The summed E-state index contributed by atoms with van der Waals surface area (Å²) in [5.74, 6) is 0.604. The largest absolute Gasteiger partial charge is 0.469 e. The normalized spacial score (nSPS) is 16.6. The highest BCUT2D eigenvalue weighted by atomic mass is 79.9. The van der Waals surface area contributed by atoms with E-state index >= 15 is 0 Å². The average molecular weight is 503 g/mol. The molecule has 0 fully saturated rings. The first-order chi connectivity index (χ1) is 14.9. The minimum absolute atomic E-state index is 0.0604. The van der Waals surface area contributed by atoms with Crippen molar-refractivity contribution in [2.75, 3.05) is 13.1 Å². The number of fused-ring (bicyclic) bond motifs is 1. The zero-order chi connectivity index (χ0) is 21.8. The smallest absolute Gasteiger partial charge is 0.243 e. The number of carbonyl (C=O) groups excluding carboxylic acids is 1. The molecule has 31 heavy (non-hydrogen) atoms. The van der Waals surface area contributed by atoms with Gasteiger partial charge in [-0.3, -0.25) is 4.79 Å². The summed E-state index contributed by atoms with van der Waals surface area (Å²) in [6.07, 6.45) is 2.86. The van der Waals surface area contributed by atoms with Gasteiger partial charge in [0.2, 0.25) is 15.9 Å². The highest BCUT2D eigenvalue weighted by molar-refractivity contribution is 9.10. The number of nitrogens with one attached hydrogen (secondary N) is 1. The minimum atomic E-state index is -3.75. The van der Waals surface area contributed by atoms with Crippen molar-refractivity contribution in [2.45, 2.75) is 30.2 Å². The third-order valence-electron chi connectivity index (χ3n) is 5.44. The first kappa shape index (κ1) is 21.8. The average Bonchev–Trinajstić information content (AvgIpc) is 3.27. The van der Waals surface area contributed by atoms with Crippen molar-refractivity contribution in [3.8, 4) is 0 Å². The van der Waals surface area contributed by atoms with Crippen LogP contribution in [0, 0.1) is 0 Å². The van der Waals surface area contributed by atoms with Gasteiger partial charge >= 0.3 is 0 Å². The first-order valence-electron chi connectivity index (χ1n) is 10.1. The molecule has 4 rings (SSSR count). The van der Waals surface area contributed by atoms with E-state index in [0.29, 0.717) is 25.9 Å². The van der Waals surface area contributed by atoms with Crippen LogP contribution >= 0.6 is 15.9 Å². The number of nitrogens with zero attached hydrogens (tertiary/aromatic N) is 1. The van der Waals surface area contributed by atoms with Gasteiger partial charge in [0.05, 0.1) is 17.2 Å². The van der Waals surface area contributed by atoms with Crippen molar-refractivity contribution < 1.29 is 17.6 Å². The molecule has 0 unspecified atom stereocenters. The summed E-state index contributed by atoms with van der Waals surface area (Å²) in [6.45, 7) is 0.764. The Kier molecular flexibility index (Phi) is 6.60. The Balaban J connectivity index is 1.56. The zero-order valence-electron chi connectivity index (χ0n) is 16.8. The quantitative estimate of drug-likeness (QED) is 0.527. The molecule has 6 nitrogen and oxygen atoms in total. The lowest BCUT2D eigenvalue weighted by atomic mass is 9.92. The van der Waals surface area contributed by atoms with Crippen molar-refractivity contribution in [2.24, 2.45) is 0 Å². The Morgan fingerprint density at radius 2 is 1.87 bits per heavy atom. The highest BCUT2D eigenvalue weighted by Crippen LogP contribution is 2.36. The fraction of sp³-hybridized carbons (Fsp3) is 0.261. The number of hydrogen-bond acceptors (Lipinski definition) is 4. The van der Waals surface area contributed by atoms with Crippen molar-refractivity contribution in [1.82, 2.24) is 9.62 Å². The lowest BCUT2D eigenvalue weighted by molar-refractivity contribution is -0.122. The molecule has 0 spiro atoms. The Morgan fingerprint density at radius 3 is 2.61 bits per heavy atom. The number of rotatable bonds is 7. The Hall–Kier alpha value is -2.42. The van der Waals surface area contributed by atoms with Crippen molar-refractivity contribution in [1.29, 1.82) is 0 Å². The molecule has 0 saturated carbocycles. The maximum atomic E-state index is 13.4. The van der Waals surface area contributed by atoms with Crippen LogP contribution in [-0.4, -0.2) is 31.7 Å². The number of hydrogen-bond donors (Lipinski definition) is 1. The van der Waals surface area contributed by atoms with Crippen LogP contribution in [0.5, 0.6) is 0 Å². The van der Waals surface area contributed by atoms with Gasteiger partial charge in [-0.15, -0.1) is 0 Å². The van der Waals surface area contributed by atoms with E-state index in [1.54, 1.807) is 36.6 Å². The van der Waals surface area contributed by atoms with E-state index in [0.717, 1.165) is 21.4 Å². The molecule has 1 aromatic heterocycles. The lowest BCUT2D eigenvalue weighted by Gasteiger charge is -2.36. The summed E-state index contributed by atoms with van der Waals surface area (Å²) in [6, 6.07) is 17.4. The minimum Gasteiger partial charge on any atom is -0.469 e. The lowest BCUT2D eigenvalue weighted by Crippen LogP contribution is -2.42. The third-order valence-corrected chi connectivity index (χ3v) is 7.89. The molecule has 0 aliphatic carbocycles. The molecule has 8 heteroatoms. The van der Waals surface area contributed by atoms with Gasteiger partial charge in [0.15, 0.2) is 0 Å². The monoisotopic (exact) mass is 502 g/mol. The second-order valence-corrected chi connectivity index (χ2v) is 10.2. The molecule has 2 heterocycles. The van der Waals surface area contributed by atoms with Crippen LogP contribution in [0.2, 0.25) is 0 Å². The topological polar surface area (TPSA) is 79.6 Å². The summed E-state index contributed by atoms with van der Waals surface area (Å²) in [5, 5.41) is 2.89. The van der Waals surface area contributed by atoms with E-state index < -0.39 is 16.1 Å². The van der Waals surface area contributed by atoms with Crippen LogP contribution in [0.3, 0.4) is 0 Å². The van der Waals surface area contributed by atoms with E-state index in [2.05, 4.69) is 21.2 Å². The number of halogens is 1. The van der Waals surface area contributed by atoms with E-state index in [9.17, 15) is 13.2 Å². The maximum absolute atomic E-state index is 13.4. The molecule has 1 N–H and O–H groups in total. The van der Waals surface area contributed by atoms with Crippen molar-refractivity contribution in [3.05, 3.63) is 88.3 Å². The number of carbonyl (C=O) groups is 1. The second kappa shape index (κ2) is 9.38. The van der Waals surface area contributed by atoms with Gasteiger partial charge in [-0.05, 0) is 53.9 Å². The Morgan fingerprint density at radius 1 is 1.10 bits per heavy atom. The summed E-state index contributed by atoms with van der Waals surface area (Å²) < 4.78 is 34.4. The summed E-state index contributed by atoms with van der Waals surface area (Å²) >= 11 is 3.34. The molecule has 162 valence electrons. The van der Waals surface area contributed by atoms with Gasteiger partial charge in [0.1, 0.15) is 5.76 Å². The summed E-state index contributed by atoms with van der Waals surface area (Å²) in [7, 11) is -3.75. The van der Waals surface area contributed by atoms with Gasteiger partial charge in [0, 0.05) is 30.4 Å². The predicted octanol–water partition coefficient (Wildman–Crippen LogP) is 4.08. The molecule has 0 bridgehead atoms. The van der Waals surface area contributed by atoms with Gasteiger partial charge in [-0.2, -0.15) is 4.31 Å². The number of furan rings is 1. The molecule has 1 aliphatic rings. The molecule has 0 saturated heterocycles. The van der Waals surface area contributed by atoms with Gasteiger partial charge in [-0.1, -0.05) is 40.2 Å². The molecule has 2 aromatic carbocycles.